The Labute approximate surface area is 131 Å². The molecule has 1 aromatic rings. The number of anilines is 1. The summed E-state index contributed by atoms with van der Waals surface area (Å²) in [6, 6.07) is 3.78. The maximum absolute atomic E-state index is 13.8. The zero-order valence-electron chi connectivity index (χ0n) is 12.2. The highest BCUT2D eigenvalue weighted by Gasteiger charge is 2.47. The molecule has 1 fully saturated rings. The van der Waals surface area contributed by atoms with E-state index < -0.39 is 17.4 Å². The lowest BCUT2D eigenvalue weighted by Crippen LogP contribution is -2.69. The molecule has 0 saturated carbocycles. The molecule has 0 spiro atoms. The molecule has 6 heteroatoms. The maximum Gasteiger partial charge on any atom is 0.253 e. The normalized spacial score (nSPS) is 21.4. The Morgan fingerprint density at radius 3 is 2.48 bits per heavy atom. The first-order valence-electron chi connectivity index (χ1n) is 6.97. The molecule has 2 rings (SSSR count). The fourth-order valence-corrected chi connectivity index (χ4v) is 2.87. The van der Waals surface area contributed by atoms with Crippen LogP contribution in [0.2, 0.25) is 0 Å². The number of nitrogens with one attached hydrogen (secondary N) is 1. The molecule has 1 aromatic carbocycles. The first-order chi connectivity index (χ1) is 9.86. The fourth-order valence-electron chi connectivity index (χ4n) is 2.62. The molecule has 21 heavy (non-hydrogen) atoms. The van der Waals surface area contributed by atoms with E-state index in [1.54, 1.807) is 13.0 Å². The van der Waals surface area contributed by atoms with Crippen molar-refractivity contribution in [3.63, 3.8) is 0 Å². The Morgan fingerprint density at radius 1 is 1.33 bits per heavy atom. The van der Waals surface area contributed by atoms with E-state index in [-0.39, 0.29) is 11.8 Å². The highest BCUT2D eigenvalue weighted by Crippen LogP contribution is 2.31. The van der Waals surface area contributed by atoms with Gasteiger partial charge >= 0.3 is 0 Å². The van der Waals surface area contributed by atoms with Gasteiger partial charge in [0.25, 0.3) is 5.91 Å². The van der Waals surface area contributed by atoms with Crippen molar-refractivity contribution in [2.75, 3.05) is 4.90 Å². The zero-order valence-corrected chi connectivity index (χ0v) is 13.8. The third-order valence-corrected chi connectivity index (χ3v) is 4.79. The zero-order chi connectivity index (χ0) is 15.8. The van der Waals surface area contributed by atoms with Crippen molar-refractivity contribution in [3.05, 3.63) is 28.5 Å². The number of rotatable bonds is 3. The first kappa shape index (κ1) is 15.9. The minimum atomic E-state index is -0.910. The molecule has 0 bridgehead atoms. The van der Waals surface area contributed by atoms with Gasteiger partial charge in [-0.2, -0.15) is 0 Å². The van der Waals surface area contributed by atoms with Crippen molar-refractivity contribution >= 4 is 33.4 Å². The average molecular weight is 357 g/mol. The summed E-state index contributed by atoms with van der Waals surface area (Å²) in [6.07, 6.45) is 0.993. The van der Waals surface area contributed by atoms with Crippen LogP contribution in [0, 0.1) is 5.82 Å². The topological polar surface area (TPSA) is 49.4 Å². The van der Waals surface area contributed by atoms with E-state index in [1.165, 1.54) is 17.0 Å². The summed E-state index contributed by atoms with van der Waals surface area (Å²) >= 11 is 3.09. The first-order valence-corrected chi connectivity index (χ1v) is 7.76. The van der Waals surface area contributed by atoms with Crippen LogP contribution in [0.4, 0.5) is 10.1 Å². The molecule has 1 saturated heterocycles. The highest BCUT2D eigenvalue weighted by atomic mass is 79.9. The number of hydrogen-bond donors (Lipinski definition) is 1. The molecule has 1 aliphatic heterocycles. The van der Waals surface area contributed by atoms with Crippen molar-refractivity contribution in [1.29, 1.82) is 0 Å². The molecule has 1 unspecified atom stereocenters. The van der Waals surface area contributed by atoms with Crippen LogP contribution in [-0.2, 0) is 9.59 Å². The second kappa shape index (κ2) is 5.75. The Morgan fingerprint density at radius 2 is 1.95 bits per heavy atom. The third kappa shape index (κ3) is 2.57. The van der Waals surface area contributed by atoms with Crippen molar-refractivity contribution in [1.82, 2.24) is 5.32 Å². The summed E-state index contributed by atoms with van der Waals surface area (Å²) in [5, 5.41) is 2.82. The minimum absolute atomic E-state index is 0.193. The van der Waals surface area contributed by atoms with Gasteiger partial charge in [-0.25, -0.2) is 4.39 Å². The fraction of sp³-hybridized carbons (Fsp3) is 0.467. The summed E-state index contributed by atoms with van der Waals surface area (Å²) in [6.45, 7) is 5.36. The van der Waals surface area contributed by atoms with Crippen molar-refractivity contribution in [2.24, 2.45) is 0 Å². The van der Waals surface area contributed by atoms with Crippen molar-refractivity contribution in [2.45, 2.75) is 45.2 Å². The number of halogens is 2. The van der Waals surface area contributed by atoms with Crippen LogP contribution >= 0.6 is 15.9 Å². The van der Waals surface area contributed by atoms with E-state index in [0.717, 1.165) is 0 Å². The van der Waals surface area contributed by atoms with E-state index in [2.05, 4.69) is 21.2 Å². The van der Waals surface area contributed by atoms with Gasteiger partial charge in [0.2, 0.25) is 5.91 Å². The Balaban J connectivity index is 2.50. The number of amides is 2. The summed E-state index contributed by atoms with van der Waals surface area (Å²) in [7, 11) is 0. The molecule has 2 amide bonds. The van der Waals surface area contributed by atoms with Crippen LogP contribution in [-0.4, -0.2) is 23.4 Å². The number of benzene rings is 1. The summed E-state index contributed by atoms with van der Waals surface area (Å²) in [4.78, 5) is 26.4. The van der Waals surface area contributed by atoms with E-state index in [9.17, 15) is 14.0 Å². The Hall–Kier alpha value is -1.43. The second-order valence-electron chi connectivity index (χ2n) is 5.23. The number of nitrogens with zero attached hydrogens (tertiary/aromatic N) is 1. The van der Waals surface area contributed by atoms with Crippen LogP contribution in [0.5, 0.6) is 0 Å². The summed E-state index contributed by atoms with van der Waals surface area (Å²) < 4.78 is 14.1. The van der Waals surface area contributed by atoms with Crippen molar-refractivity contribution in [3.8, 4) is 0 Å². The van der Waals surface area contributed by atoms with Gasteiger partial charge in [-0.1, -0.05) is 13.8 Å². The van der Waals surface area contributed by atoms with Gasteiger partial charge < -0.3 is 5.32 Å². The molecule has 0 aromatic heterocycles. The van der Waals surface area contributed by atoms with Crippen LogP contribution < -0.4 is 10.2 Å². The summed E-state index contributed by atoms with van der Waals surface area (Å²) in [5.41, 5.74) is -0.512. The maximum atomic E-state index is 13.8. The molecule has 1 atom stereocenters. The third-order valence-electron chi connectivity index (χ3n) is 4.15. The van der Waals surface area contributed by atoms with Gasteiger partial charge in [-0.15, -0.1) is 0 Å². The predicted molar refractivity (Wildman–Crippen MR) is 82.5 cm³/mol. The molecular formula is C15H18BrFN2O2. The standard InChI is InChI=1S/C15H18BrFN2O2/c1-4-15(5-2)14(21)19(9(3)13(20)18-15)10-6-7-11(16)12(17)8-10/h6-9H,4-5H2,1-3H3,(H,18,20). The predicted octanol–water partition coefficient (Wildman–Crippen LogP) is 3.00. The van der Waals surface area contributed by atoms with Gasteiger partial charge in [0, 0.05) is 5.69 Å². The smallest absolute Gasteiger partial charge is 0.253 e. The van der Waals surface area contributed by atoms with E-state index in [0.29, 0.717) is 23.0 Å². The lowest BCUT2D eigenvalue weighted by molar-refractivity contribution is -0.138. The molecule has 4 nitrogen and oxygen atoms in total. The Bertz CT molecular complexity index is 587. The SMILES string of the molecule is CCC1(CC)NC(=O)C(C)N(c2ccc(Br)c(F)c2)C1=O. The quantitative estimate of drug-likeness (QED) is 0.904. The molecule has 114 valence electrons. The van der Waals surface area contributed by atoms with Crippen LogP contribution in [0.1, 0.15) is 33.6 Å². The minimum Gasteiger partial charge on any atom is -0.340 e. The van der Waals surface area contributed by atoms with Crippen molar-refractivity contribution < 1.29 is 14.0 Å². The lowest BCUT2D eigenvalue weighted by atomic mass is 9.87. The van der Waals surface area contributed by atoms with Gasteiger partial charge in [0.15, 0.2) is 0 Å². The van der Waals surface area contributed by atoms with E-state index in [4.69, 9.17) is 0 Å². The van der Waals surface area contributed by atoms with Crippen LogP contribution in [0.25, 0.3) is 0 Å². The van der Waals surface area contributed by atoms with Gasteiger partial charge in [0.05, 0.1) is 4.47 Å². The lowest BCUT2D eigenvalue weighted by Gasteiger charge is -2.44. The van der Waals surface area contributed by atoms with Crippen LogP contribution in [0.3, 0.4) is 0 Å². The van der Waals surface area contributed by atoms with E-state index >= 15 is 0 Å². The molecular weight excluding hydrogens is 339 g/mol. The number of hydrogen-bond acceptors (Lipinski definition) is 2. The summed E-state index contributed by atoms with van der Waals surface area (Å²) in [5.74, 6) is -0.875. The molecule has 0 aliphatic carbocycles. The number of carbonyl (C=O) groups excluding carboxylic acids is 2. The second-order valence-corrected chi connectivity index (χ2v) is 6.08. The Kier molecular flexibility index (Phi) is 4.37. The molecule has 1 heterocycles. The largest absolute Gasteiger partial charge is 0.340 e. The molecule has 1 aliphatic rings. The van der Waals surface area contributed by atoms with Gasteiger partial charge in [0.1, 0.15) is 17.4 Å². The van der Waals surface area contributed by atoms with Crippen LogP contribution in [0.15, 0.2) is 22.7 Å². The molecule has 0 radical (unpaired) electrons. The highest BCUT2D eigenvalue weighted by molar-refractivity contribution is 9.10. The van der Waals surface area contributed by atoms with Gasteiger partial charge in [-0.3, -0.25) is 14.5 Å². The van der Waals surface area contributed by atoms with Gasteiger partial charge in [-0.05, 0) is 53.9 Å². The number of piperazine rings is 1. The average Bonchev–Trinajstić information content (AvgIpc) is 2.47. The van der Waals surface area contributed by atoms with E-state index in [1.807, 2.05) is 13.8 Å². The number of carbonyl (C=O) groups is 2. The monoisotopic (exact) mass is 356 g/mol. The molecule has 1 N–H and O–H groups in total.